The van der Waals surface area contributed by atoms with E-state index in [1.165, 1.54) is 19.0 Å². The Bertz CT molecular complexity index is 462. The molecule has 104 valence electrons. The van der Waals surface area contributed by atoms with Crippen LogP contribution in [0, 0.1) is 12.8 Å². The van der Waals surface area contributed by atoms with Gasteiger partial charge in [0.25, 0.3) is 5.91 Å². The van der Waals surface area contributed by atoms with E-state index in [9.17, 15) is 4.79 Å². The van der Waals surface area contributed by atoms with Crippen molar-refractivity contribution < 1.29 is 4.79 Å². The highest BCUT2D eigenvalue weighted by Gasteiger charge is 2.18. The first-order chi connectivity index (χ1) is 9.06. The molecule has 2 rings (SSSR count). The highest BCUT2D eigenvalue weighted by molar-refractivity contribution is 5.97. The minimum atomic E-state index is -0.497. The van der Waals surface area contributed by atoms with E-state index >= 15 is 0 Å². The molecule has 2 heterocycles. The van der Waals surface area contributed by atoms with Crippen LogP contribution in [0.15, 0.2) is 6.20 Å². The number of rotatable bonds is 4. The van der Waals surface area contributed by atoms with E-state index in [0.29, 0.717) is 23.1 Å². The SMILES string of the molecule is Cc1ncc(C(N)=O)c(NCC2CCCN(C)C2)n1. The fourth-order valence-corrected chi connectivity index (χ4v) is 2.47. The van der Waals surface area contributed by atoms with Crippen LogP contribution in [0.5, 0.6) is 0 Å². The summed E-state index contributed by atoms with van der Waals surface area (Å²) in [6, 6.07) is 0. The van der Waals surface area contributed by atoms with Gasteiger partial charge in [-0.3, -0.25) is 4.79 Å². The van der Waals surface area contributed by atoms with E-state index in [0.717, 1.165) is 19.6 Å². The summed E-state index contributed by atoms with van der Waals surface area (Å²) in [4.78, 5) is 21.9. The standard InChI is InChI=1S/C13H21N5O/c1-9-15-7-11(12(14)19)13(17-9)16-6-10-4-3-5-18(2)8-10/h7,10H,3-6,8H2,1-2H3,(H2,14,19)(H,15,16,17). The maximum atomic E-state index is 11.3. The van der Waals surface area contributed by atoms with Gasteiger partial charge in [-0.05, 0) is 39.3 Å². The molecular weight excluding hydrogens is 242 g/mol. The summed E-state index contributed by atoms with van der Waals surface area (Å²) in [6.45, 7) is 4.84. The van der Waals surface area contributed by atoms with Crippen LogP contribution in [0.25, 0.3) is 0 Å². The van der Waals surface area contributed by atoms with E-state index in [1.807, 2.05) is 0 Å². The van der Waals surface area contributed by atoms with Crippen LogP contribution in [0.2, 0.25) is 0 Å². The van der Waals surface area contributed by atoms with Gasteiger partial charge in [-0.2, -0.15) is 0 Å². The van der Waals surface area contributed by atoms with Crippen LogP contribution in [0.1, 0.15) is 29.0 Å². The molecule has 0 spiro atoms. The number of piperidine rings is 1. The van der Waals surface area contributed by atoms with Gasteiger partial charge in [0.1, 0.15) is 11.6 Å². The first kappa shape index (κ1) is 13.7. The van der Waals surface area contributed by atoms with Crippen molar-refractivity contribution in [3.05, 3.63) is 17.6 Å². The molecule has 3 N–H and O–H groups in total. The molecule has 1 unspecified atom stereocenters. The molecule has 19 heavy (non-hydrogen) atoms. The van der Waals surface area contributed by atoms with Crippen LogP contribution in [-0.4, -0.2) is 47.5 Å². The molecule has 1 aliphatic heterocycles. The molecule has 1 saturated heterocycles. The fourth-order valence-electron chi connectivity index (χ4n) is 2.47. The van der Waals surface area contributed by atoms with Gasteiger partial charge in [0, 0.05) is 19.3 Å². The highest BCUT2D eigenvalue weighted by atomic mass is 16.1. The zero-order valence-corrected chi connectivity index (χ0v) is 11.5. The van der Waals surface area contributed by atoms with Crippen molar-refractivity contribution in [1.29, 1.82) is 0 Å². The smallest absolute Gasteiger partial charge is 0.254 e. The van der Waals surface area contributed by atoms with Crippen molar-refractivity contribution >= 4 is 11.7 Å². The lowest BCUT2D eigenvalue weighted by molar-refractivity contribution is 0.100. The predicted molar refractivity (Wildman–Crippen MR) is 74.0 cm³/mol. The number of amides is 1. The molecule has 1 aromatic heterocycles. The number of nitrogens with zero attached hydrogens (tertiary/aromatic N) is 3. The summed E-state index contributed by atoms with van der Waals surface area (Å²) in [6.07, 6.45) is 3.90. The average Bonchev–Trinajstić information content (AvgIpc) is 2.36. The molecule has 6 nitrogen and oxygen atoms in total. The Hall–Kier alpha value is -1.69. The molecule has 0 bridgehead atoms. The summed E-state index contributed by atoms with van der Waals surface area (Å²) in [5.41, 5.74) is 5.68. The number of likely N-dealkylation sites (tertiary alicyclic amines) is 1. The summed E-state index contributed by atoms with van der Waals surface area (Å²) in [7, 11) is 2.13. The molecular formula is C13H21N5O. The number of nitrogens with one attached hydrogen (secondary N) is 1. The molecule has 0 saturated carbocycles. The Morgan fingerprint density at radius 1 is 1.63 bits per heavy atom. The van der Waals surface area contributed by atoms with Crippen molar-refractivity contribution in [3.63, 3.8) is 0 Å². The lowest BCUT2D eigenvalue weighted by atomic mass is 9.98. The van der Waals surface area contributed by atoms with Gasteiger partial charge in [-0.15, -0.1) is 0 Å². The van der Waals surface area contributed by atoms with Gasteiger partial charge in [0.15, 0.2) is 0 Å². The quantitative estimate of drug-likeness (QED) is 0.832. The number of aryl methyl sites for hydroxylation is 1. The van der Waals surface area contributed by atoms with Gasteiger partial charge in [0.2, 0.25) is 0 Å². The Balaban J connectivity index is 2.02. The largest absolute Gasteiger partial charge is 0.369 e. The van der Waals surface area contributed by atoms with Gasteiger partial charge in [-0.25, -0.2) is 9.97 Å². The Labute approximate surface area is 113 Å². The summed E-state index contributed by atoms with van der Waals surface area (Å²) >= 11 is 0. The van der Waals surface area contributed by atoms with Crippen LogP contribution < -0.4 is 11.1 Å². The summed E-state index contributed by atoms with van der Waals surface area (Å²) < 4.78 is 0. The third-order valence-corrected chi connectivity index (χ3v) is 3.45. The van der Waals surface area contributed by atoms with E-state index in [4.69, 9.17) is 5.73 Å². The lowest BCUT2D eigenvalue weighted by Crippen LogP contribution is -2.35. The number of hydrogen-bond donors (Lipinski definition) is 2. The highest BCUT2D eigenvalue weighted by Crippen LogP contribution is 2.17. The molecule has 1 amide bonds. The molecule has 0 radical (unpaired) electrons. The Morgan fingerprint density at radius 2 is 2.42 bits per heavy atom. The Kier molecular flexibility index (Phi) is 4.31. The van der Waals surface area contributed by atoms with Crippen molar-refractivity contribution in [2.45, 2.75) is 19.8 Å². The zero-order valence-electron chi connectivity index (χ0n) is 11.5. The number of hydrogen-bond acceptors (Lipinski definition) is 5. The van der Waals surface area contributed by atoms with Crippen LogP contribution in [0.3, 0.4) is 0 Å². The number of carbonyl (C=O) groups is 1. The summed E-state index contributed by atoms with van der Waals surface area (Å²) in [5.74, 6) is 1.26. The number of carbonyl (C=O) groups excluding carboxylic acids is 1. The maximum absolute atomic E-state index is 11.3. The van der Waals surface area contributed by atoms with Crippen molar-refractivity contribution in [3.8, 4) is 0 Å². The fraction of sp³-hybridized carbons (Fsp3) is 0.615. The van der Waals surface area contributed by atoms with E-state index < -0.39 is 5.91 Å². The first-order valence-corrected chi connectivity index (χ1v) is 6.62. The lowest BCUT2D eigenvalue weighted by Gasteiger charge is -2.29. The molecule has 1 atom stereocenters. The van der Waals surface area contributed by atoms with E-state index in [-0.39, 0.29) is 0 Å². The molecule has 1 fully saturated rings. The number of nitrogens with two attached hydrogens (primary N) is 1. The molecule has 6 heteroatoms. The van der Waals surface area contributed by atoms with E-state index in [1.54, 1.807) is 6.92 Å². The minimum Gasteiger partial charge on any atom is -0.369 e. The maximum Gasteiger partial charge on any atom is 0.254 e. The van der Waals surface area contributed by atoms with Gasteiger partial charge in [-0.1, -0.05) is 0 Å². The van der Waals surface area contributed by atoms with Crippen molar-refractivity contribution in [2.24, 2.45) is 11.7 Å². The monoisotopic (exact) mass is 263 g/mol. The predicted octanol–water partition coefficient (Wildman–Crippen LogP) is 0.638. The second-order valence-corrected chi connectivity index (χ2v) is 5.20. The number of aromatic nitrogens is 2. The van der Waals surface area contributed by atoms with Crippen molar-refractivity contribution in [2.75, 3.05) is 32.0 Å². The second-order valence-electron chi connectivity index (χ2n) is 5.20. The van der Waals surface area contributed by atoms with Crippen LogP contribution in [0.4, 0.5) is 5.82 Å². The Morgan fingerprint density at radius 3 is 3.11 bits per heavy atom. The van der Waals surface area contributed by atoms with Gasteiger partial charge < -0.3 is 16.0 Å². The molecule has 0 aromatic carbocycles. The normalized spacial score (nSPS) is 20.2. The van der Waals surface area contributed by atoms with Crippen LogP contribution in [-0.2, 0) is 0 Å². The second kappa shape index (κ2) is 5.97. The molecule has 1 aliphatic rings. The first-order valence-electron chi connectivity index (χ1n) is 6.62. The third kappa shape index (κ3) is 3.64. The van der Waals surface area contributed by atoms with Gasteiger partial charge in [0.05, 0.1) is 5.56 Å². The van der Waals surface area contributed by atoms with Gasteiger partial charge >= 0.3 is 0 Å². The molecule has 0 aliphatic carbocycles. The average molecular weight is 263 g/mol. The minimum absolute atomic E-state index is 0.356. The summed E-state index contributed by atoms with van der Waals surface area (Å²) in [5, 5.41) is 3.25. The van der Waals surface area contributed by atoms with Crippen LogP contribution >= 0.6 is 0 Å². The molecule has 1 aromatic rings. The zero-order chi connectivity index (χ0) is 13.8. The van der Waals surface area contributed by atoms with Crippen molar-refractivity contribution in [1.82, 2.24) is 14.9 Å². The van der Waals surface area contributed by atoms with E-state index in [2.05, 4.69) is 27.2 Å². The topological polar surface area (TPSA) is 84.1 Å². The number of anilines is 1. The third-order valence-electron chi connectivity index (χ3n) is 3.45. The number of primary amides is 1.